The zero-order valence-electron chi connectivity index (χ0n) is 16.5. The minimum atomic E-state index is -0.183. The number of halogens is 1. The van der Waals surface area contributed by atoms with Gasteiger partial charge in [0.25, 0.3) is 0 Å². The van der Waals surface area contributed by atoms with Crippen LogP contribution in [-0.4, -0.2) is 15.8 Å². The Kier molecular flexibility index (Phi) is 5.37. The molecule has 6 heteroatoms. The average Bonchev–Trinajstić information content (AvgIpc) is 2.79. The Morgan fingerprint density at radius 1 is 1.13 bits per heavy atom. The Bertz CT molecular complexity index is 1430. The minimum absolute atomic E-state index is 0.183. The topological polar surface area (TPSA) is 78.7 Å². The Balaban J connectivity index is 2.06. The van der Waals surface area contributed by atoms with Crippen LogP contribution in [0.4, 0.5) is 5.82 Å². The summed E-state index contributed by atoms with van der Waals surface area (Å²) in [4.78, 5) is 21.3. The molecule has 31 heavy (non-hydrogen) atoms. The maximum atomic E-state index is 12.3. The number of nitrogens with one attached hydrogen (secondary N) is 1. The molecule has 0 aliphatic carbocycles. The van der Waals surface area contributed by atoms with E-state index in [2.05, 4.69) is 27.4 Å². The van der Waals surface area contributed by atoms with Gasteiger partial charge in [0.05, 0.1) is 33.4 Å². The number of rotatable bonds is 4. The van der Waals surface area contributed by atoms with Crippen LogP contribution < -0.4 is 5.32 Å². The summed E-state index contributed by atoms with van der Waals surface area (Å²) >= 11 is 6.51. The summed E-state index contributed by atoms with van der Waals surface area (Å²) in [6.07, 6.45) is 7.10. The highest BCUT2D eigenvalue weighted by Crippen LogP contribution is 2.37. The van der Waals surface area contributed by atoms with Crippen molar-refractivity contribution in [1.29, 1.82) is 5.26 Å². The second-order valence-electron chi connectivity index (χ2n) is 6.83. The van der Waals surface area contributed by atoms with Crippen molar-refractivity contribution < 1.29 is 4.79 Å². The van der Waals surface area contributed by atoms with Crippen LogP contribution in [0.25, 0.3) is 33.3 Å². The lowest BCUT2D eigenvalue weighted by Crippen LogP contribution is -2.05. The molecule has 0 aliphatic heterocycles. The number of carbonyl (C=O) groups is 1. The highest BCUT2D eigenvalue weighted by Gasteiger charge is 2.18. The number of hydrogen-bond acceptors (Lipinski definition) is 5. The minimum Gasteiger partial charge on any atom is -0.299 e. The van der Waals surface area contributed by atoms with Crippen LogP contribution in [0.5, 0.6) is 0 Å². The van der Waals surface area contributed by atoms with E-state index in [4.69, 9.17) is 18.0 Å². The van der Waals surface area contributed by atoms with Crippen LogP contribution in [0.1, 0.15) is 22.8 Å². The van der Waals surface area contributed by atoms with Gasteiger partial charge in [0, 0.05) is 28.8 Å². The maximum absolute atomic E-state index is 12.3. The first-order valence-electron chi connectivity index (χ1n) is 9.34. The summed E-state index contributed by atoms with van der Waals surface area (Å²) in [5, 5.41) is 13.4. The van der Waals surface area contributed by atoms with Gasteiger partial charge in [-0.25, -0.2) is 4.98 Å². The van der Waals surface area contributed by atoms with Crippen molar-refractivity contribution >= 4 is 34.1 Å². The molecular formula is C25H15ClN4O. The third-order valence-electron chi connectivity index (χ3n) is 4.83. The van der Waals surface area contributed by atoms with E-state index >= 15 is 0 Å². The molecule has 2 aromatic carbocycles. The second kappa shape index (κ2) is 8.28. The number of ketones is 1. The van der Waals surface area contributed by atoms with Crippen LogP contribution in [0, 0.1) is 23.8 Å². The number of fused-ring (bicyclic) bond motifs is 1. The number of nitrogens with zero attached hydrogens (tertiary/aromatic N) is 3. The van der Waals surface area contributed by atoms with Crippen LogP contribution in [-0.2, 0) is 0 Å². The van der Waals surface area contributed by atoms with Crippen molar-refractivity contribution in [1.82, 2.24) is 9.97 Å². The van der Waals surface area contributed by atoms with Crippen molar-refractivity contribution in [3.05, 3.63) is 76.9 Å². The van der Waals surface area contributed by atoms with Crippen LogP contribution in [0.2, 0.25) is 5.02 Å². The highest BCUT2D eigenvalue weighted by molar-refractivity contribution is 6.35. The predicted molar refractivity (Wildman–Crippen MR) is 123 cm³/mol. The number of Topliss-reactive ketones (excluding diaryl/α,β-unsaturated/α-hetero) is 1. The first-order valence-corrected chi connectivity index (χ1v) is 9.72. The fourth-order valence-electron chi connectivity index (χ4n) is 3.42. The van der Waals surface area contributed by atoms with Crippen molar-refractivity contribution in [2.24, 2.45) is 0 Å². The summed E-state index contributed by atoms with van der Waals surface area (Å²) in [5.74, 6) is 0.0991. The fraction of sp³-hybridized carbons (Fsp3) is 0.0400. The molecule has 0 unspecified atom stereocenters. The lowest BCUT2D eigenvalue weighted by Gasteiger charge is -2.15. The maximum Gasteiger partial charge on any atom is 0.163 e. The zero-order valence-corrected chi connectivity index (χ0v) is 17.2. The van der Waals surface area contributed by atoms with Crippen molar-refractivity contribution in [2.45, 2.75) is 6.92 Å². The van der Waals surface area contributed by atoms with E-state index in [1.165, 1.54) is 6.92 Å². The van der Waals surface area contributed by atoms with Gasteiger partial charge in [-0.2, -0.15) is 5.26 Å². The van der Waals surface area contributed by atoms with Gasteiger partial charge in [-0.05, 0) is 48.9 Å². The number of nitriles is 1. The molecule has 4 rings (SSSR count). The van der Waals surface area contributed by atoms with Gasteiger partial charge in [-0.15, -0.1) is 0 Å². The molecule has 2 aromatic heterocycles. The van der Waals surface area contributed by atoms with E-state index in [1.54, 1.807) is 36.5 Å². The normalized spacial score (nSPS) is 10.3. The van der Waals surface area contributed by atoms with E-state index in [-0.39, 0.29) is 11.6 Å². The van der Waals surface area contributed by atoms with Gasteiger partial charge in [-0.3, -0.25) is 15.1 Å². The van der Waals surface area contributed by atoms with Crippen LogP contribution >= 0.6 is 11.6 Å². The summed E-state index contributed by atoms with van der Waals surface area (Å²) < 4.78 is 0. The van der Waals surface area contributed by atoms with E-state index in [9.17, 15) is 10.1 Å². The molecule has 0 fully saturated rings. The molecule has 0 aliphatic rings. The van der Waals surface area contributed by atoms with E-state index in [0.29, 0.717) is 38.5 Å². The summed E-state index contributed by atoms with van der Waals surface area (Å²) in [7, 11) is 0. The summed E-state index contributed by atoms with van der Waals surface area (Å²) in [5.41, 5.74) is 4.28. The Morgan fingerprint density at radius 3 is 2.71 bits per heavy atom. The van der Waals surface area contributed by atoms with Crippen LogP contribution in [0.3, 0.4) is 0 Å². The number of pyridine rings is 2. The Hall–Kier alpha value is -4.19. The molecule has 0 saturated carbocycles. The fourth-order valence-corrected chi connectivity index (χ4v) is 3.70. The zero-order chi connectivity index (χ0) is 22.0. The molecule has 0 radical (unpaired) electrons. The molecule has 148 valence electrons. The second-order valence-corrected chi connectivity index (χ2v) is 7.24. The van der Waals surface area contributed by atoms with Crippen LogP contribution in [0.15, 0.2) is 60.8 Å². The van der Waals surface area contributed by atoms with Gasteiger partial charge >= 0.3 is 0 Å². The number of terminal acetylenes is 1. The van der Waals surface area contributed by atoms with Gasteiger partial charge in [0.2, 0.25) is 0 Å². The average molecular weight is 423 g/mol. The van der Waals surface area contributed by atoms with Crippen molar-refractivity contribution in [3.63, 3.8) is 0 Å². The molecule has 0 saturated heterocycles. The number of hydrogen-bond donors (Lipinski definition) is 1. The molecule has 1 N–H and O–H groups in total. The summed E-state index contributed by atoms with van der Waals surface area (Å²) in [6, 6.07) is 20.8. The number of benzene rings is 2. The Labute approximate surface area is 184 Å². The van der Waals surface area contributed by atoms with Gasteiger partial charge in [-0.1, -0.05) is 36.2 Å². The number of aromatic nitrogens is 2. The lowest BCUT2D eigenvalue weighted by molar-refractivity contribution is 0.101. The lowest BCUT2D eigenvalue weighted by atomic mass is 9.95. The molecule has 0 bridgehead atoms. The van der Waals surface area contributed by atoms with Gasteiger partial charge in [0.1, 0.15) is 5.82 Å². The van der Waals surface area contributed by atoms with Gasteiger partial charge < -0.3 is 0 Å². The first-order chi connectivity index (χ1) is 15.0. The smallest absolute Gasteiger partial charge is 0.163 e. The van der Waals surface area contributed by atoms with Crippen molar-refractivity contribution in [2.75, 3.05) is 5.32 Å². The number of anilines is 1. The molecule has 0 spiro atoms. The standard InChI is InChI=1S/C25H15ClN4O/c1-3-28-25-20(15(2)31)13-21(23(30-25)17-7-4-6-16(10-17)14-27)19-11-18-8-5-9-29-24(18)22(26)12-19/h1,4-13H,2H3,(H,28,30). The molecule has 5 nitrogen and oxygen atoms in total. The Morgan fingerprint density at radius 2 is 1.97 bits per heavy atom. The first kappa shape index (κ1) is 20.1. The van der Waals surface area contributed by atoms with Gasteiger partial charge in [0.15, 0.2) is 5.78 Å². The van der Waals surface area contributed by atoms with Crippen molar-refractivity contribution in [3.8, 4) is 40.9 Å². The predicted octanol–water partition coefficient (Wildman–Crippen LogP) is 5.69. The van der Waals surface area contributed by atoms with E-state index in [1.807, 2.05) is 24.3 Å². The largest absolute Gasteiger partial charge is 0.299 e. The molecule has 2 heterocycles. The SMILES string of the molecule is C#CNc1nc(-c2cccc(C#N)c2)c(-c2cc(Cl)c3ncccc3c2)cc1C(C)=O. The molecular weight excluding hydrogens is 408 g/mol. The third kappa shape index (κ3) is 3.83. The highest BCUT2D eigenvalue weighted by atomic mass is 35.5. The van der Waals surface area contributed by atoms with E-state index in [0.717, 1.165) is 10.9 Å². The number of carbonyl (C=O) groups excluding carboxylic acids is 1. The quantitative estimate of drug-likeness (QED) is 0.259. The third-order valence-corrected chi connectivity index (χ3v) is 5.11. The molecule has 4 aromatic rings. The molecule has 0 atom stereocenters. The molecule has 0 amide bonds. The monoisotopic (exact) mass is 422 g/mol. The van der Waals surface area contributed by atoms with E-state index < -0.39 is 0 Å². The summed E-state index contributed by atoms with van der Waals surface area (Å²) in [6.45, 7) is 1.45.